The SMILES string of the molecule is CC/C=C\C/C=C\C/C=C\C/C=C\C/C=C\C/C=C\CCCCCCC(=O)OCC(O)COP(=O)(O)OCC(O)COP(=O)(O)OCC(COC(=O)CCCCCCC/C=C\C/C=C\C/C=C\CC)OC(=O)CCCCCCC/C=C\C/C=C\CCCCC. The maximum absolute atomic E-state index is 12.9. The molecule has 5 atom stereocenters. The lowest BCUT2D eigenvalue weighted by molar-refractivity contribution is -0.161. The van der Waals surface area contributed by atoms with E-state index in [2.05, 4.69) is 154 Å². The van der Waals surface area contributed by atoms with Crippen LogP contribution in [0.15, 0.2) is 134 Å². The third-order valence-electron chi connectivity index (χ3n) is 13.3. The number of unbranched alkanes of at least 4 members (excludes halogenated alkanes) is 17. The molecule has 0 saturated heterocycles. The van der Waals surface area contributed by atoms with Crippen molar-refractivity contribution in [2.24, 2.45) is 0 Å². The normalized spacial score (nSPS) is 15.1. The Morgan fingerprint density at radius 2 is 0.596 bits per heavy atom. The second-order valence-electron chi connectivity index (χ2n) is 21.9. The third kappa shape index (κ3) is 65.0. The van der Waals surface area contributed by atoms with Crippen LogP contribution in [0.1, 0.15) is 239 Å². The van der Waals surface area contributed by atoms with E-state index < -0.39 is 91.5 Å². The molecular formula is C71H118O16P2. The Balaban J connectivity index is 4.67. The predicted molar refractivity (Wildman–Crippen MR) is 362 cm³/mol. The van der Waals surface area contributed by atoms with Crippen molar-refractivity contribution < 1.29 is 75.8 Å². The summed E-state index contributed by atoms with van der Waals surface area (Å²) in [6.07, 6.45) is 73.6. The molecule has 0 heterocycles. The zero-order valence-corrected chi connectivity index (χ0v) is 56.6. The highest BCUT2D eigenvalue weighted by Gasteiger charge is 2.29. The maximum Gasteiger partial charge on any atom is 0.472 e. The average molecular weight is 1290 g/mol. The molecule has 89 heavy (non-hydrogen) atoms. The van der Waals surface area contributed by atoms with Crippen LogP contribution in [0.4, 0.5) is 0 Å². The highest BCUT2D eigenvalue weighted by Crippen LogP contribution is 2.45. The number of allylic oxidation sites excluding steroid dienone is 22. The Kier molecular flexibility index (Phi) is 60.7. The Hall–Kier alpha value is -4.31. The summed E-state index contributed by atoms with van der Waals surface area (Å²) in [5.74, 6) is -1.64. The zero-order chi connectivity index (χ0) is 65.3. The van der Waals surface area contributed by atoms with Gasteiger partial charge in [-0.3, -0.25) is 32.5 Å². The van der Waals surface area contributed by atoms with Crippen LogP contribution >= 0.6 is 15.6 Å². The van der Waals surface area contributed by atoms with Gasteiger partial charge in [-0.25, -0.2) is 9.13 Å². The van der Waals surface area contributed by atoms with Gasteiger partial charge in [0, 0.05) is 19.3 Å². The van der Waals surface area contributed by atoms with Crippen molar-refractivity contribution in [3.63, 3.8) is 0 Å². The van der Waals surface area contributed by atoms with Crippen molar-refractivity contribution in [2.75, 3.05) is 39.6 Å². The van der Waals surface area contributed by atoms with Crippen LogP contribution in [-0.2, 0) is 55.8 Å². The molecule has 0 bridgehead atoms. The number of hydrogen-bond donors (Lipinski definition) is 4. The van der Waals surface area contributed by atoms with Gasteiger partial charge < -0.3 is 34.2 Å². The molecule has 0 rings (SSSR count). The minimum absolute atomic E-state index is 0.0805. The molecule has 0 aliphatic rings. The first-order valence-electron chi connectivity index (χ1n) is 33.5. The number of phosphoric ester groups is 2. The molecule has 0 spiro atoms. The van der Waals surface area contributed by atoms with E-state index >= 15 is 0 Å². The molecule has 0 aliphatic carbocycles. The van der Waals surface area contributed by atoms with Crippen LogP contribution in [0.3, 0.4) is 0 Å². The molecule has 4 N–H and O–H groups in total. The van der Waals surface area contributed by atoms with Crippen molar-refractivity contribution in [1.29, 1.82) is 0 Å². The fourth-order valence-electron chi connectivity index (χ4n) is 8.26. The fourth-order valence-corrected chi connectivity index (χ4v) is 9.85. The fraction of sp³-hybridized carbons (Fsp3) is 0.648. The van der Waals surface area contributed by atoms with Crippen LogP contribution in [0.2, 0.25) is 0 Å². The van der Waals surface area contributed by atoms with Gasteiger partial charge in [-0.05, 0) is 135 Å². The minimum Gasteiger partial charge on any atom is -0.463 e. The number of ether oxygens (including phenoxy) is 3. The van der Waals surface area contributed by atoms with E-state index in [1.54, 1.807) is 0 Å². The number of aliphatic hydroxyl groups is 2. The number of aliphatic hydroxyl groups excluding tert-OH is 2. The van der Waals surface area contributed by atoms with E-state index in [0.29, 0.717) is 19.3 Å². The molecule has 0 amide bonds. The lowest BCUT2D eigenvalue weighted by Crippen LogP contribution is -2.30. The van der Waals surface area contributed by atoms with Crippen molar-refractivity contribution in [2.45, 2.75) is 257 Å². The van der Waals surface area contributed by atoms with Crippen LogP contribution in [0, 0.1) is 0 Å². The average Bonchev–Trinajstić information content (AvgIpc) is 3.65. The van der Waals surface area contributed by atoms with E-state index in [1.165, 1.54) is 19.3 Å². The van der Waals surface area contributed by atoms with E-state index in [4.69, 9.17) is 32.3 Å². The summed E-state index contributed by atoms with van der Waals surface area (Å²) >= 11 is 0. The van der Waals surface area contributed by atoms with Crippen LogP contribution in [0.25, 0.3) is 0 Å². The predicted octanol–water partition coefficient (Wildman–Crippen LogP) is 18.4. The van der Waals surface area contributed by atoms with Gasteiger partial charge in [-0.15, -0.1) is 0 Å². The number of rotatable bonds is 62. The first-order chi connectivity index (χ1) is 43.2. The Morgan fingerprint density at radius 3 is 0.944 bits per heavy atom. The van der Waals surface area contributed by atoms with Crippen molar-refractivity contribution >= 4 is 33.6 Å². The smallest absolute Gasteiger partial charge is 0.463 e. The van der Waals surface area contributed by atoms with Gasteiger partial charge in [0.2, 0.25) is 0 Å². The summed E-state index contributed by atoms with van der Waals surface area (Å²) in [5, 5.41) is 20.5. The van der Waals surface area contributed by atoms with Gasteiger partial charge in [0.1, 0.15) is 25.4 Å². The standard InChI is InChI=1S/C71H118O16P2/c1-4-7-10-13-16-19-22-25-28-29-30-31-32-33-34-35-38-40-42-45-48-51-54-57-69(74)81-60-66(72)61-83-88(77,78)84-62-67(73)63-85-89(79,80)86-65-68(87-71(76)59-56-53-50-47-44-41-37-27-24-21-18-15-12-9-6-3)64-82-70(75)58-55-52-49-46-43-39-36-26-23-20-17-14-11-8-5-2/h7-8,10-11,16-21,25-28,30-31,33-34,36-38,40,66-68,72-73H,4-6,9,12-15,22-24,29,32,35,39,41-65H2,1-3H3,(H,77,78)(H,79,80)/b10-7-,11-8-,19-16-,20-17-,21-18-,28-25-,31-30-,34-33-,36-26-,37-27-,40-38-. The molecule has 0 fully saturated rings. The summed E-state index contributed by atoms with van der Waals surface area (Å²) in [6.45, 7) is 2.32. The molecule has 0 aromatic heterocycles. The molecule has 18 heteroatoms. The van der Waals surface area contributed by atoms with Crippen LogP contribution in [0.5, 0.6) is 0 Å². The van der Waals surface area contributed by atoms with Crippen LogP contribution < -0.4 is 0 Å². The van der Waals surface area contributed by atoms with E-state index in [0.717, 1.165) is 161 Å². The highest BCUT2D eigenvalue weighted by molar-refractivity contribution is 7.47. The summed E-state index contributed by atoms with van der Waals surface area (Å²) in [5.41, 5.74) is 0. The lowest BCUT2D eigenvalue weighted by atomic mass is 10.1. The Bertz CT molecular complexity index is 2160. The Labute approximate surface area is 537 Å². The largest absolute Gasteiger partial charge is 0.472 e. The van der Waals surface area contributed by atoms with Crippen molar-refractivity contribution in [1.82, 2.24) is 0 Å². The number of esters is 3. The number of hydrogen-bond acceptors (Lipinski definition) is 14. The molecule has 0 aliphatic heterocycles. The summed E-state index contributed by atoms with van der Waals surface area (Å²) in [6, 6.07) is 0. The maximum atomic E-state index is 12.9. The molecule has 0 aromatic rings. The molecule has 508 valence electrons. The zero-order valence-electron chi connectivity index (χ0n) is 54.8. The summed E-state index contributed by atoms with van der Waals surface area (Å²) < 4.78 is 60.8. The molecule has 0 radical (unpaired) electrons. The second kappa shape index (κ2) is 63.8. The van der Waals surface area contributed by atoms with Gasteiger partial charge in [-0.2, -0.15) is 0 Å². The lowest BCUT2D eigenvalue weighted by Gasteiger charge is -2.21. The second-order valence-corrected chi connectivity index (χ2v) is 24.8. The quantitative estimate of drug-likeness (QED) is 0.0146. The highest BCUT2D eigenvalue weighted by atomic mass is 31.2. The first-order valence-corrected chi connectivity index (χ1v) is 36.5. The molecule has 0 saturated carbocycles. The monoisotopic (exact) mass is 1290 g/mol. The van der Waals surface area contributed by atoms with Crippen LogP contribution in [-0.4, -0.2) is 95.9 Å². The van der Waals surface area contributed by atoms with Gasteiger partial charge in [0.15, 0.2) is 6.10 Å². The molecular weight excluding hydrogens is 1170 g/mol. The topological polar surface area (TPSA) is 231 Å². The Morgan fingerprint density at radius 1 is 0.326 bits per heavy atom. The molecule has 16 nitrogen and oxygen atoms in total. The van der Waals surface area contributed by atoms with Gasteiger partial charge in [0.25, 0.3) is 0 Å². The van der Waals surface area contributed by atoms with Crippen molar-refractivity contribution in [3.05, 3.63) is 134 Å². The number of carbonyl (C=O) groups is 3. The third-order valence-corrected chi connectivity index (χ3v) is 15.2. The number of carbonyl (C=O) groups excluding carboxylic acids is 3. The van der Waals surface area contributed by atoms with Gasteiger partial charge in [0.05, 0.1) is 26.4 Å². The molecule has 5 unspecified atom stereocenters. The first kappa shape index (κ1) is 84.7. The van der Waals surface area contributed by atoms with E-state index in [-0.39, 0.29) is 19.3 Å². The summed E-state index contributed by atoms with van der Waals surface area (Å²) in [4.78, 5) is 58.3. The minimum atomic E-state index is -4.94. The summed E-state index contributed by atoms with van der Waals surface area (Å²) in [7, 11) is -9.80. The van der Waals surface area contributed by atoms with E-state index in [9.17, 15) is 43.5 Å². The number of phosphoric acid groups is 2. The van der Waals surface area contributed by atoms with Crippen molar-refractivity contribution in [3.8, 4) is 0 Å². The van der Waals surface area contributed by atoms with Gasteiger partial charge in [-0.1, -0.05) is 219 Å². The molecule has 0 aromatic carbocycles. The van der Waals surface area contributed by atoms with Gasteiger partial charge >= 0.3 is 33.6 Å². The van der Waals surface area contributed by atoms with E-state index in [1.807, 2.05) is 0 Å².